The van der Waals surface area contributed by atoms with Gasteiger partial charge in [0.1, 0.15) is 0 Å². The van der Waals surface area contributed by atoms with Gasteiger partial charge in [0.05, 0.1) is 25.9 Å². The Balaban J connectivity index is 1.71. The van der Waals surface area contributed by atoms with E-state index in [-0.39, 0.29) is 11.9 Å². The first-order chi connectivity index (χ1) is 7.81. The average molecular weight is 227 g/mol. The highest BCUT2D eigenvalue weighted by Crippen LogP contribution is 2.06. The highest BCUT2D eigenvalue weighted by Gasteiger charge is 2.29. The van der Waals surface area contributed by atoms with Gasteiger partial charge >= 0.3 is 0 Å². The molecule has 0 spiro atoms. The van der Waals surface area contributed by atoms with E-state index >= 15 is 0 Å². The number of rotatable bonds is 4. The van der Waals surface area contributed by atoms with Crippen molar-refractivity contribution in [2.24, 2.45) is 0 Å². The molecule has 1 atom stereocenters. The van der Waals surface area contributed by atoms with Crippen LogP contribution in [0.2, 0.25) is 0 Å². The normalized spacial score (nSPS) is 27.7. The Morgan fingerprint density at radius 2 is 2.12 bits per heavy atom. The summed E-state index contributed by atoms with van der Waals surface area (Å²) in [5.41, 5.74) is 0. The summed E-state index contributed by atoms with van der Waals surface area (Å²) >= 11 is 0. The third kappa shape index (κ3) is 2.72. The summed E-state index contributed by atoms with van der Waals surface area (Å²) in [7, 11) is 0. The van der Waals surface area contributed by atoms with Crippen LogP contribution in [0.1, 0.15) is 13.3 Å². The van der Waals surface area contributed by atoms with Crippen molar-refractivity contribution in [3.05, 3.63) is 0 Å². The van der Waals surface area contributed by atoms with E-state index in [4.69, 9.17) is 4.74 Å². The molecule has 2 aliphatic heterocycles. The number of nitrogens with zero attached hydrogens (tertiary/aromatic N) is 2. The number of hydrogen-bond acceptors (Lipinski definition) is 4. The van der Waals surface area contributed by atoms with Gasteiger partial charge in [-0.15, -0.1) is 0 Å². The minimum atomic E-state index is 0.0460. The zero-order chi connectivity index (χ0) is 11.4. The maximum Gasteiger partial charge on any atom is 0.240 e. The van der Waals surface area contributed by atoms with Gasteiger partial charge < -0.3 is 9.64 Å². The molecule has 2 fully saturated rings. The first kappa shape index (κ1) is 11.8. The summed E-state index contributed by atoms with van der Waals surface area (Å²) in [6.45, 7) is 8.19. The predicted octanol–water partition coefficient (Wildman–Crippen LogP) is -0.513. The Morgan fingerprint density at radius 1 is 1.38 bits per heavy atom. The van der Waals surface area contributed by atoms with E-state index in [1.165, 1.54) is 0 Å². The minimum Gasteiger partial charge on any atom is -0.379 e. The quantitative estimate of drug-likeness (QED) is 0.702. The standard InChI is InChI=1S/C11H21N3O2/c1-2-10-11(15)14(9-12-10)4-3-13-5-7-16-8-6-13/h10,12H,2-9H2,1H3. The summed E-state index contributed by atoms with van der Waals surface area (Å²) in [6.07, 6.45) is 0.882. The smallest absolute Gasteiger partial charge is 0.240 e. The molecular weight excluding hydrogens is 206 g/mol. The molecule has 1 unspecified atom stereocenters. The van der Waals surface area contributed by atoms with Crippen molar-refractivity contribution in [1.29, 1.82) is 0 Å². The van der Waals surface area contributed by atoms with Crippen LogP contribution in [0.3, 0.4) is 0 Å². The Labute approximate surface area is 96.7 Å². The lowest BCUT2D eigenvalue weighted by Gasteiger charge is -2.28. The molecule has 5 nitrogen and oxygen atoms in total. The van der Waals surface area contributed by atoms with Crippen molar-refractivity contribution < 1.29 is 9.53 Å². The lowest BCUT2D eigenvalue weighted by Crippen LogP contribution is -2.42. The molecule has 1 N–H and O–H groups in total. The second-order valence-corrected chi connectivity index (χ2v) is 4.38. The Bertz CT molecular complexity index is 241. The Kier molecular flexibility index (Phi) is 4.15. The first-order valence-electron chi connectivity index (χ1n) is 6.13. The molecule has 0 aliphatic carbocycles. The summed E-state index contributed by atoms with van der Waals surface area (Å²) < 4.78 is 5.29. The number of morpholine rings is 1. The second kappa shape index (κ2) is 5.61. The van der Waals surface area contributed by atoms with Crippen molar-refractivity contribution in [3.63, 3.8) is 0 Å². The summed E-state index contributed by atoms with van der Waals surface area (Å²) in [6, 6.07) is 0.0460. The zero-order valence-corrected chi connectivity index (χ0v) is 9.95. The molecular formula is C11H21N3O2. The molecule has 0 aromatic rings. The molecule has 16 heavy (non-hydrogen) atoms. The van der Waals surface area contributed by atoms with E-state index in [9.17, 15) is 4.79 Å². The summed E-state index contributed by atoms with van der Waals surface area (Å²) in [5, 5.41) is 3.23. The van der Waals surface area contributed by atoms with Gasteiger partial charge in [0, 0.05) is 26.2 Å². The molecule has 0 radical (unpaired) electrons. The van der Waals surface area contributed by atoms with Gasteiger partial charge in [-0.1, -0.05) is 6.92 Å². The first-order valence-corrected chi connectivity index (χ1v) is 6.13. The van der Waals surface area contributed by atoms with E-state index < -0.39 is 0 Å². The van der Waals surface area contributed by atoms with Crippen LogP contribution in [0, 0.1) is 0 Å². The molecule has 2 saturated heterocycles. The van der Waals surface area contributed by atoms with Gasteiger partial charge in [0.15, 0.2) is 0 Å². The molecule has 0 aromatic heterocycles. The predicted molar refractivity (Wildman–Crippen MR) is 61.1 cm³/mol. The van der Waals surface area contributed by atoms with Crippen molar-refractivity contribution in [2.75, 3.05) is 46.1 Å². The van der Waals surface area contributed by atoms with Crippen LogP contribution >= 0.6 is 0 Å². The average Bonchev–Trinajstić information content (AvgIpc) is 2.69. The van der Waals surface area contributed by atoms with Crippen LogP contribution in [-0.2, 0) is 9.53 Å². The zero-order valence-electron chi connectivity index (χ0n) is 9.95. The van der Waals surface area contributed by atoms with E-state index in [1.807, 2.05) is 11.8 Å². The van der Waals surface area contributed by atoms with Crippen LogP contribution < -0.4 is 5.32 Å². The van der Waals surface area contributed by atoms with E-state index in [2.05, 4.69) is 10.2 Å². The number of hydrogen-bond donors (Lipinski definition) is 1. The van der Waals surface area contributed by atoms with Gasteiger partial charge in [-0.25, -0.2) is 0 Å². The fourth-order valence-corrected chi connectivity index (χ4v) is 2.20. The van der Waals surface area contributed by atoms with Crippen molar-refractivity contribution >= 4 is 5.91 Å². The van der Waals surface area contributed by atoms with E-state index in [1.54, 1.807) is 0 Å². The molecule has 2 aliphatic rings. The maximum atomic E-state index is 11.8. The molecule has 92 valence electrons. The lowest BCUT2D eigenvalue weighted by atomic mass is 10.2. The van der Waals surface area contributed by atoms with E-state index in [0.717, 1.165) is 45.8 Å². The summed E-state index contributed by atoms with van der Waals surface area (Å²) in [4.78, 5) is 16.1. The number of carbonyl (C=O) groups excluding carboxylic acids is 1. The van der Waals surface area contributed by atoms with Gasteiger partial charge in [-0.2, -0.15) is 0 Å². The Morgan fingerprint density at radius 3 is 2.75 bits per heavy atom. The highest BCUT2D eigenvalue weighted by molar-refractivity contribution is 5.83. The van der Waals surface area contributed by atoms with Crippen LogP contribution in [0.5, 0.6) is 0 Å². The third-order valence-electron chi connectivity index (χ3n) is 3.34. The molecule has 1 amide bonds. The lowest BCUT2D eigenvalue weighted by molar-refractivity contribution is -0.129. The molecule has 0 saturated carbocycles. The second-order valence-electron chi connectivity index (χ2n) is 4.38. The molecule has 0 bridgehead atoms. The Hall–Kier alpha value is -0.650. The molecule has 2 rings (SSSR count). The maximum absolute atomic E-state index is 11.8. The van der Waals surface area contributed by atoms with E-state index in [0.29, 0.717) is 6.67 Å². The van der Waals surface area contributed by atoms with Gasteiger partial charge in [0.2, 0.25) is 5.91 Å². The van der Waals surface area contributed by atoms with Crippen molar-refractivity contribution in [2.45, 2.75) is 19.4 Å². The SMILES string of the molecule is CCC1NCN(CCN2CCOCC2)C1=O. The molecule has 2 heterocycles. The minimum absolute atomic E-state index is 0.0460. The fraction of sp³-hybridized carbons (Fsp3) is 0.909. The number of nitrogens with one attached hydrogen (secondary N) is 1. The molecule has 5 heteroatoms. The van der Waals surface area contributed by atoms with Crippen LogP contribution in [-0.4, -0.2) is 67.8 Å². The van der Waals surface area contributed by atoms with Crippen molar-refractivity contribution in [3.8, 4) is 0 Å². The number of amides is 1. The number of carbonyl (C=O) groups is 1. The van der Waals surface area contributed by atoms with Crippen LogP contribution in [0.25, 0.3) is 0 Å². The summed E-state index contributed by atoms with van der Waals surface area (Å²) in [5.74, 6) is 0.260. The van der Waals surface area contributed by atoms with Crippen LogP contribution in [0.4, 0.5) is 0 Å². The largest absolute Gasteiger partial charge is 0.379 e. The van der Waals surface area contributed by atoms with Gasteiger partial charge in [-0.05, 0) is 6.42 Å². The highest BCUT2D eigenvalue weighted by atomic mass is 16.5. The topological polar surface area (TPSA) is 44.8 Å². The third-order valence-corrected chi connectivity index (χ3v) is 3.34. The molecule has 0 aromatic carbocycles. The number of ether oxygens (including phenoxy) is 1. The fourth-order valence-electron chi connectivity index (χ4n) is 2.20. The van der Waals surface area contributed by atoms with Crippen molar-refractivity contribution in [1.82, 2.24) is 15.1 Å². The van der Waals surface area contributed by atoms with Gasteiger partial charge in [-0.3, -0.25) is 15.0 Å². The van der Waals surface area contributed by atoms with Gasteiger partial charge in [0.25, 0.3) is 0 Å². The monoisotopic (exact) mass is 227 g/mol. The van der Waals surface area contributed by atoms with Crippen LogP contribution in [0.15, 0.2) is 0 Å².